The van der Waals surface area contributed by atoms with E-state index in [1.807, 2.05) is 18.2 Å². The van der Waals surface area contributed by atoms with Crippen molar-refractivity contribution in [1.29, 1.82) is 0 Å². The van der Waals surface area contributed by atoms with Gasteiger partial charge in [-0.15, -0.1) is 0 Å². The zero-order valence-electron chi connectivity index (χ0n) is 24.3. The van der Waals surface area contributed by atoms with E-state index < -0.39 is 0 Å². The van der Waals surface area contributed by atoms with Crippen molar-refractivity contribution in [3.05, 3.63) is 53.6 Å². The van der Waals surface area contributed by atoms with Crippen LogP contribution in [0.1, 0.15) is 69.4 Å². The smallest absolute Gasteiger partial charge is 0.222 e. The van der Waals surface area contributed by atoms with Gasteiger partial charge in [0.15, 0.2) is 5.82 Å². The number of aliphatic hydroxyl groups is 2. The molecule has 6 N–H and O–H groups in total. The van der Waals surface area contributed by atoms with Crippen molar-refractivity contribution >= 4 is 33.7 Å². The Bertz CT molecular complexity index is 1460. The van der Waals surface area contributed by atoms with Gasteiger partial charge >= 0.3 is 0 Å². The van der Waals surface area contributed by atoms with E-state index in [1.54, 1.807) is 7.11 Å². The topological polar surface area (TPSA) is 130 Å². The first-order valence-electron chi connectivity index (χ1n) is 14.9. The van der Waals surface area contributed by atoms with Gasteiger partial charge < -0.3 is 35.9 Å². The molecule has 2 aromatic carbocycles. The van der Waals surface area contributed by atoms with Crippen LogP contribution in [0.3, 0.4) is 0 Å². The maximum atomic E-state index is 10.1. The van der Waals surface area contributed by atoms with Gasteiger partial charge in [0.1, 0.15) is 16.8 Å². The van der Waals surface area contributed by atoms with Crippen molar-refractivity contribution < 1.29 is 14.9 Å². The Kier molecular flexibility index (Phi) is 9.27. The minimum absolute atomic E-state index is 0.160. The summed E-state index contributed by atoms with van der Waals surface area (Å²) in [5.41, 5.74) is 11.0. The van der Waals surface area contributed by atoms with Gasteiger partial charge in [-0.25, -0.2) is 4.98 Å². The fraction of sp³-hybridized carbons (Fsp3) is 0.500. The molecule has 220 valence electrons. The molecule has 0 aliphatic heterocycles. The van der Waals surface area contributed by atoms with E-state index in [2.05, 4.69) is 51.4 Å². The molecular formula is C32H44N6O3. The maximum absolute atomic E-state index is 10.1. The number of rotatable bonds is 14. The van der Waals surface area contributed by atoms with Gasteiger partial charge in [0.25, 0.3) is 0 Å². The van der Waals surface area contributed by atoms with Crippen LogP contribution >= 0.6 is 0 Å². The number of nitrogen functional groups attached to an aromatic ring is 1. The summed E-state index contributed by atoms with van der Waals surface area (Å²) >= 11 is 0. The molecule has 1 aliphatic carbocycles. The highest BCUT2D eigenvalue weighted by molar-refractivity contribution is 6.09. The van der Waals surface area contributed by atoms with Gasteiger partial charge in [0, 0.05) is 35.7 Å². The van der Waals surface area contributed by atoms with Crippen LogP contribution < -0.4 is 21.1 Å². The van der Waals surface area contributed by atoms with Crippen LogP contribution in [0.2, 0.25) is 0 Å². The summed E-state index contributed by atoms with van der Waals surface area (Å²) in [4.78, 5) is 9.38. The van der Waals surface area contributed by atoms with Gasteiger partial charge in [-0.3, -0.25) is 0 Å². The highest BCUT2D eigenvalue weighted by Gasteiger charge is 2.32. The zero-order valence-corrected chi connectivity index (χ0v) is 24.3. The molecule has 1 unspecified atom stereocenters. The van der Waals surface area contributed by atoms with E-state index in [9.17, 15) is 10.2 Å². The molecule has 0 amide bonds. The third kappa shape index (κ3) is 6.27. The van der Waals surface area contributed by atoms with Crippen molar-refractivity contribution in [2.24, 2.45) is 0 Å². The molecule has 4 aromatic rings. The molecule has 41 heavy (non-hydrogen) atoms. The second kappa shape index (κ2) is 13.1. The summed E-state index contributed by atoms with van der Waals surface area (Å²) < 4.78 is 8.07. The van der Waals surface area contributed by atoms with E-state index in [4.69, 9.17) is 15.5 Å². The number of hydrogen-bond donors (Lipinski definition) is 5. The second-order valence-corrected chi connectivity index (χ2v) is 11.4. The van der Waals surface area contributed by atoms with Gasteiger partial charge in [-0.1, -0.05) is 50.5 Å². The highest BCUT2D eigenvalue weighted by Crippen LogP contribution is 2.35. The number of aliphatic hydroxyl groups excluding tert-OH is 2. The van der Waals surface area contributed by atoms with Gasteiger partial charge in [-0.2, -0.15) is 4.98 Å². The van der Waals surface area contributed by atoms with Gasteiger partial charge in [0.2, 0.25) is 5.95 Å². The minimum Gasteiger partial charge on any atom is -0.496 e. The van der Waals surface area contributed by atoms with Crippen LogP contribution in [0.25, 0.3) is 21.9 Å². The first-order valence-corrected chi connectivity index (χ1v) is 14.9. The number of nitrogens with zero attached hydrogens (tertiary/aromatic N) is 3. The predicted octanol–water partition coefficient (Wildman–Crippen LogP) is 4.97. The number of aromatic nitrogens is 3. The number of para-hydroxylation sites is 1. The lowest BCUT2D eigenvalue weighted by Crippen LogP contribution is -2.45. The number of nitrogens with one attached hydrogen (secondary N) is 2. The predicted molar refractivity (Wildman–Crippen MR) is 165 cm³/mol. The molecule has 9 nitrogen and oxygen atoms in total. The number of fused-ring (bicyclic) bond motifs is 3. The molecule has 1 fully saturated rings. The summed E-state index contributed by atoms with van der Waals surface area (Å²) in [7, 11) is 1.70. The molecule has 0 radical (unpaired) electrons. The molecule has 5 rings (SSSR count). The van der Waals surface area contributed by atoms with Crippen molar-refractivity contribution in [1.82, 2.24) is 19.9 Å². The summed E-state index contributed by atoms with van der Waals surface area (Å²) in [5, 5.41) is 27.9. The molecule has 1 saturated carbocycles. The van der Waals surface area contributed by atoms with Crippen LogP contribution in [0.4, 0.5) is 11.8 Å². The third-order valence-electron chi connectivity index (χ3n) is 8.51. The molecule has 0 spiro atoms. The summed E-state index contributed by atoms with van der Waals surface area (Å²) in [6, 6.07) is 14.7. The Morgan fingerprint density at radius 1 is 1.10 bits per heavy atom. The highest BCUT2D eigenvalue weighted by atomic mass is 16.5. The number of anilines is 2. The summed E-state index contributed by atoms with van der Waals surface area (Å²) in [5.74, 6) is 1.76. The van der Waals surface area contributed by atoms with E-state index in [1.165, 1.54) is 0 Å². The minimum atomic E-state index is -0.185. The summed E-state index contributed by atoms with van der Waals surface area (Å²) in [6.07, 6.45) is 7.85. The van der Waals surface area contributed by atoms with Crippen LogP contribution in [0.15, 0.2) is 42.5 Å². The molecule has 2 aromatic heterocycles. The SMILES string of the molecule is CCCC(CCCO)Nc1nc(N)nc2c3ccccc3n(Cc3cc(CNC4(CO)CCCC4)ccc3OC)c12. The van der Waals surface area contributed by atoms with Gasteiger partial charge in [-0.05, 0) is 55.9 Å². The van der Waals surface area contributed by atoms with Crippen LogP contribution in [0, 0.1) is 0 Å². The lowest BCUT2D eigenvalue weighted by atomic mass is 9.98. The molecule has 1 aliphatic rings. The van der Waals surface area contributed by atoms with Crippen molar-refractivity contribution in [3.8, 4) is 5.75 Å². The number of ether oxygens (including phenoxy) is 1. The van der Waals surface area contributed by atoms with Crippen LogP contribution in [-0.4, -0.2) is 56.7 Å². The Morgan fingerprint density at radius 3 is 2.63 bits per heavy atom. The average Bonchev–Trinajstić information content (AvgIpc) is 3.59. The van der Waals surface area contributed by atoms with E-state index in [0.29, 0.717) is 18.9 Å². The van der Waals surface area contributed by atoms with Gasteiger partial charge in [0.05, 0.1) is 25.8 Å². The Morgan fingerprint density at radius 2 is 1.90 bits per heavy atom. The first kappa shape index (κ1) is 29.1. The number of nitrogens with two attached hydrogens (primary N) is 1. The van der Waals surface area contributed by atoms with E-state index in [0.717, 1.165) is 90.2 Å². The molecule has 9 heteroatoms. The second-order valence-electron chi connectivity index (χ2n) is 11.4. The maximum Gasteiger partial charge on any atom is 0.222 e. The van der Waals surface area contributed by atoms with Crippen LogP contribution in [0.5, 0.6) is 5.75 Å². The largest absolute Gasteiger partial charge is 0.496 e. The molecule has 2 heterocycles. The lowest BCUT2D eigenvalue weighted by Gasteiger charge is -2.28. The normalized spacial score (nSPS) is 15.5. The number of hydrogen-bond acceptors (Lipinski definition) is 8. The molecular weight excluding hydrogens is 516 g/mol. The zero-order chi connectivity index (χ0) is 28.8. The lowest BCUT2D eigenvalue weighted by molar-refractivity contribution is 0.163. The summed E-state index contributed by atoms with van der Waals surface area (Å²) in [6.45, 7) is 3.73. The number of benzene rings is 2. The van der Waals surface area contributed by atoms with Crippen molar-refractivity contribution in [2.75, 3.05) is 31.4 Å². The van der Waals surface area contributed by atoms with Crippen LogP contribution in [-0.2, 0) is 13.1 Å². The monoisotopic (exact) mass is 560 g/mol. The van der Waals surface area contributed by atoms with Crippen molar-refractivity contribution in [2.45, 2.75) is 83.0 Å². The third-order valence-corrected chi connectivity index (χ3v) is 8.51. The first-order chi connectivity index (χ1) is 20.0. The van der Waals surface area contributed by atoms with E-state index in [-0.39, 0.29) is 30.7 Å². The average molecular weight is 561 g/mol. The molecule has 1 atom stereocenters. The fourth-order valence-corrected chi connectivity index (χ4v) is 6.35. The Hall–Kier alpha value is -3.40. The quantitative estimate of drug-likeness (QED) is 0.146. The Labute approximate surface area is 242 Å². The Balaban J connectivity index is 1.56. The number of methoxy groups -OCH3 is 1. The fourth-order valence-electron chi connectivity index (χ4n) is 6.35. The van der Waals surface area contributed by atoms with E-state index >= 15 is 0 Å². The van der Waals surface area contributed by atoms with Crippen molar-refractivity contribution in [3.63, 3.8) is 0 Å². The molecule has 0 saturated heterocycles. The standard InChI is InChI=1S/C32H44N6O3/c1-3-9-24(10-8-17-39)35-30-29-28(36-31(33)37-30)25-11-4-5-12-26(25)38(29)20-23-18-22(13-14-27(23)41-2)19-34-32(21-40)15-6-7-16-32/h4-5,11-14,18,24,34,39-40H,3,6-10,15-17,19-21H2,1-2H3,(H3,33,35,36,37). The molecule has 0 bridgehead atoms.